The molecule has 6 aromatic carbocycles. The van der Waals surface area contributed by atoms with Gasteiger partial charge in [0.05, 0.1) is 43.9 Å². The average molecular weight is 1140 g/mol. The van der Waals surface area contributed by atoms with E-state index < -0.39 is 99.9 Å². The number of rotatable bonds is 14. The first-order chi connectivity index (χ1) is 35.1. The van der Waals surface area contributed by atoms with Gasteiger partial charge in [-0.15, -0.1) is 15.3 Å². The number of hydrogen-bond acceptors (Lipinski definition) is 25. The molecular weight excluding hydrogens is 1110 g/mol. The minimum atomic E-state index is -5.58. The number of ketones is 2. The largest absolute Gasteiger partial charge is 1.00 e. The number of hydrogen-bond donors (Lipinski definition) is 9. The average Bonchev–Trinajstić information content (AvgIpc) is 3.32. The number of Topliss-reactive ketones (excluding diaryl/α,β-unsaturated/α-hetero) is 2. The second kappa shape index (κ2) is 22.9. The molecule has 0 aliphatic heterocycles. The third-order valence-electron chi connectivity index (χ3n) is 10.6. The van der Waals surface area contributed by atoms with E-state index in [1.54, 1.807) is 6.07 Å². The van der Waals surface area contributed by atoms with Crippen molar-refractivity contribution in [1.29, 1.82) is 0 Å². The van der Waals surface area contributed by atoms with Gasteiger partial charge < -0.3 is 37.4 Å². The molecule has 0 heterocycles. The van der Waals surface area contributed by atoms with E-state index in [0.717, 1.165) is 30.3 Å². The minimum absolute atomic E-state index is 0. The number of hydrazone groups is 2. The second-order valence-corrected chi connectivity index (χ2v) is 21.3. The summed E-state index contributed by atoms with van der Waals surface area (Å²) in [6.45, 7) is 0. The molecule has 13 N–H and O–H groups in total. The molecule has 27 nitrogen and oxygen atoms in total. The van der Waals surface area contributed by atoms with E-state index in [2.05, 4.69) is 46.8 Å². The molecular formula is C44H33N13Na2O14S4. The molecule has 0 unspecified atom stereocenters. The van der Waals surface area contributed by atoms with Crippen LogP contribution in [-0.4, -0.2) is 74.9 Å². The number of azo groups is 2. The first-order valence-corrected chi connectivity index (χ1v) is 26.4. The van der Waals surface area contributed by atoms with Crippen LogP contribution in [0, 0.1) is 0 Å². The maximum Gasteiger partial charge on any atom is 1.00 e. The number of nitrogens with zero attached hydrogens (tertiary/aromatic N) is 6. The number of nitrogen functional groups attached to an aromatic ring is 4. The van der Waals surface area contributed by atoms with Crippen LogP contribution < -0.4 is 98.2 Å². The van der Waals surface area contributed by atoms with Crippen molar-refractivity contribution in [2.45, 2.75) is 9.79 Å². The SMILES string of the molecule is Nc1ccc(N=Nc2ccc3c(c2)C(=O)C(=NNc2ccc(Nc4ccc(NN=C5C(=O)c6cc(N=Nc7ccc(N)cc7N)c(S(=O)(=O)[O-])cc6C=C5S(=O)(=O)[O-])cc4S(=O)(=O)O)cc2)C(S(=O)(=O)O)=C3)c(N)c1.[Na+].[Na+]. The number of carbonyl (C=O) groups excluding carboxylic acids is 2. The number of carbonyl (C=O) groups is 2. The van der Waals surface area contributed by atoms with Crippen LogP contribution in [0.3, 0.4) is 0 Å². The summed E-state index contributed by atoms with van der Waals surface area (Å²) >= 11 is 0. The predicted octanol–water partition coefficient (Wildman–Crippen LogP) is 0.192. The van der Waals surface area contributed by atoms with Crippen molar-refractivity contribution in [2.24, 2.45) is 30.7 Å². The van der Waals surface area contributed by atoms with Crippen molar-refractivity contribution in [3.05, 3.63) is 141 Å². The van der Waals surface area contributed by atoms with Crippen molar-refractivity contribution < 1.29 is 121 Å². The molecule has 0 amide bonds. The van der Waals surface area contributed by atoms with E-state index in [0.29, 0.717) is 17.8 Å². The summed E-state index contributed by atoms with van der Waals surface area (Å²) in [7, 11) is -21.1. The van der Waals surface area contributed by atoms with Gasteiger partial charge in [-0.2, -0.15) is 32.2 Å². The molecule has 2 aliphatic carbocycles. The van der Waals surface area contributed by atoms with Crippen molar-refractivity contribution in [1.82, 2.24) is 0 Å². The number of anilines is 8. The smallest absolute Gasteiger partial charge is 0.744 e. The normalized spacial score (nSPS) is 14.8. The van der Waals surface area contributed by atoms with Gasteiger partial charge in [0.15, 0.2) is 5.71 Å². The molecule has 0 spiro atoms. The molecule has 0 radical (unpaired) electrons. The van der Waals surface area contributed by atoms with Crippen molar-refractivity contribution >= 4 is 144 Å². The Kier molecular flexibility index (Phi) is 17.6. The molecule has 0 saturated heterocycles. The van der Waals surface area contributed by atoms with Crippen LogP contribution in [0.25, 0.3) is 12.2 Å². The fraction of sp³-hybridized carbons (Fsp3) is 0. The molecule has 8 rings (SSSR count). The number of allylic oxidation sites excluding steroid dienone is 2. The summed E-state index contributed by atoms with van der Waals surface area (Å²) in [6, 6.07) is 22.7. The Morgan fingerprint density at radius 3 is 1.52 bits per heavy atom. The topological polar surface area (TPSA) is 472 Å². The van der Waals surface area contributed by atoms with Crippen molar-refractivity contribution in [3.63, 3.8) is 0 Å². The Hall–Kier alpha value is -7.08. The van der Waals surface area contributed by atoms with E-state index in [4.69, 9.17) is 22.9 Å². The van der Waals surface area contributed by atoms with Gasteiger partial charge in [0, 0.05) is 28.2 Å². The van der Waals surface area contributed by atoms with Crippen LogP contribution in [0.1, 0.15) is 31.8 Å². The predicted molar refractivity (Wildman–Crippen MR) is 274 cm³/mol. The van der Waals surface area contributed by atoms with Gasteiger partial charge in [-0.3, -0.25) is 29.5 Å². The number of benzene rings is 6. The molecule has 0 fully saturated rings. The van der Waals surface area contributed by atoms with E-state index in [1.807, 2.05) is 0 Å². The Morgan fingerprint density at radius 1 is 0.468 bits per heavy atom. The quantitative estimate of drug-likeness (QED) is 0.0231. The summed E-state index contributed by atoms with van der Waals surface area (Å²) in [4.78, 5) is 23.6. The van der Waals surface area contributed by atoms with Gasteiger partial charge in [0.1, 0.15) is 52.8 Å². The van der Waals surface area contributed by atoms with Crippen molar-refractivity contribution in [3.8, 4) is 0 Å². The Balaban J connectivity index is 0.00000480. The second-order valence-electron chi connectivity index (χ2n) is 15.8. The molecule has 384 valence electrons. The first kappa shape index (κ1) is 59.2. The van der Waals surface area contributed by atoms with Gasteiger partial charge in [-0.1, -0.05) is 6.07 Å². The zero-order valence-electron chi connectivity index (χ0n) is 39.5. The molecule has 0 aromatic heterocycles. The zero-order valence-corrected chi connectivity index (χ0v) is 46.7. The molecule has 77 heavy (non-hydrogen) atoms. The van der Waals surface area contributed by atoms with E-state index in [9.17, 15) is 61.5 Å². The number of nitrogens with two attached hydrogens (primary N) is 4. The maximum atomic E-state index is 13.8. The zero-order chi connectivity index (χ0) is 54.4. The Bertz CT molecular complexity index is 4140. The van der Waals surface area contributed by atoms with Crippen molar-refractivity contribution in [2.75, 3.05) is 39.1 Å². The standard InChI is InChI=1S/C44H35N13O14S4.2Na/c45-23-2-10-33(31(47)16-23)53-51-27-4-1-21-13-39(74(66,67)68)41(43(58)29(21)18-27)56-50-26-7-5-25(6-8-26)49-35-12-9-28(19-38(35)73(63,64)65)52-57-42-40(75(69,70)71)15-22-14-37(72(60,61)62)36(20-30(22)44(42)59)55-54-34-11-3-24(46)17-32(34)48;;/h1-20,49-50,52H,45-48H2,(H,60,61,62)(H,63,64,65)(H,66,67,68)(H,69,70,71);;/q;2*+1/p-2. The summed E-state index contributed by atoms with van der Waals surface area (Å²) in [5.74, 6) is -2.21. The van der Waals surface area contributed by atoms with E-state index in [1.165, 1.54) is 72.8 Å². The first-order valence-electron chi connectivity index (χ1n) is 20.7. The molecule has 2 aliphatic rings. The van der Waals surface area contributed by atoms with Gasteiger partial charge in [-0.05, 0) is 126 Å². The molecule has 0 saturated carbocycles. The molecule has 0 bridgehead atoms. The van der Waals surface area contributed by atoms with Gasteiger partial charge >= 0.3 is 59.1 Å². The fourth-order valence-corrected chi connectivity index (χ4v) is 9.69. The number of fused-ring (bicyclic) bond motifs is 2. The monoisotopic (exact) mass is 1140 g/mol. The van der Waals surface area contributed by atoms with Crippen LogP contribution in [-0.2, 0) is 40.5 Å². The van der Waals surface area contributed by atoms with Crippen LogP contribution in [0.4, 0.5) is 68.2 Å². The third kappa shape index (κ3) is 13.6. The third-order valence-corrected chi connectivity index (χ3v) is 14.1. The van der Waals surface area contributed by atoms with Crippen LogP contribution in [0.5, 0.6) is 0 Å². The molecule has 6 aromatic rings. The summed E-state index contributed by atoms with van der Waals surface area (Å²) in [6.07, 6.45) is 1.63. The summed E-state index contributed by atoms with van der Waals surface area (Å²) < 4.78 is 144. The summed E-state index contributed by atoms with van der Waals surface area (Å²) in [5, 5.41) is 26.3. The van der Waals surface area contributed by atoms with Crippen LogP contribution in [0.15, 0.2) is 159 Å². The van der Waals surface area contributed by atoms with E-state index in [-0.39, 0.29) is 127 Å². The van der Waals surface area contributed by atoms with Gasteiger partial charge in [0.2, 0.25) is 11.6 Å². The summed E-state index contributed by atoms with van der Waals surface area (Å²) in [5.41, 5.74) is 25.8. The van der Waals surface area contributed by atoms with Gasteiger partial charge in [-0.25, -0.2) is 16.8 Å². The Labute approximate surface area is 481 Å². The van der Waals surface area contributed by atoms with Crippen LogP contribution >= 0.6 is 0 Å². The number of nitrogens with one attached hydrogen (secondary N) is 3. The van der Waals surface area contributed by atoms with Gasteiger partial charge in [0.25, 0.3) is 20.2 Å². The van der Waals surface area contributed by atoms with Crippen LogP contribution in [0.2, 0.25) is 0 Å². The maximum absolute atomic E-state index is 13.8. The Morgan fingerprint density at radius 2 is 0.974 bits per heavy atom. The fourth-order valence-electron chi connectivity index (χ4n) is 7.09. The molecule has 0 atom stereocenters. The molecule has 33 heteroatoms. The minimum Gasteiger partial charge on any atom is -0.744 e. The van der Waals surface area contributed by atoms with E-state index >= 15 is 0 Å².